The minimum Gasteiger partial charge on any atom is -0.479 e. The highest BCUT2D eigenvalue weighted by Crippen LogP contribution is 2.41. The molecule has 27 atom stereocenters. The van der Waals surface area contributed by atoms with Crippen LogP contribution >= 0.6 is 0 Å². The van der Waals surface area contributed by atoms with Crippen molar-refractivity contribution in [3.05, 3.63) is 0 Å². The Balaban J connectivity index is 0.000000516. The molecule has 0 spiro atoms. The monoisotopic (exact) mass is 1090 g/mol. The van der Waals surface area contributed by atoms with Crippen LogP contribution in [0.15, 0.2) is 0 Å². The molecule has 0 saturated carbocycles. The molecule has 26 nitrogen and oxygen atoms in total. The number of Topliss-reactive ketones (excluding diaryl/α,β-unsaturated/α-hetero) is 1. The number of aliphatic hydroxyl groups excluding tert-OH is 11. The molecule has 0 radical (unpaired) electrons. The van der Waals surface area contributed by atoms with Crippen LogP contribution in [0.3, 0.4) is 0 Å². The lowest BCUT2D eigenvalue weighted by Crippen LogP contribution is -2.61. The van der Waals surface area contributed by atoms with Gasteiger partial charge in [-0.15, -0.1) is 0 Å². The molecule has 14 N–H and O–H groups in total. The molecule has 4 rings (SSSR count). The topological polar surface area (TPSA) is 412 Å². The number of likely N-dealkylation sites (N-methyl/N-ethyl adjacent to an activating group) is 1. The van der Waals surface area contributed by atoms with Crippen molar-refractivity contribution in [1.29, 1.82) is 0 Å². The van der Waals surface area contributed by atoms with E-state index in [-0.39, 0.29) is 31.4 Å². The molecule has 0 aromatic carbocycles. The largest absolute Gasteiger partial charge is 0.479 e. The Morgan fingerprint density at radius 3 is 1.92 bits per heavy atom. The van der Waals surface area contributed by atoms with Crippen LogP contribution in [0.2, 0.25) is 0 Å². The van der Waals surface area contributed by atoms with E-state index in [9.17, 15) is 70.6 Å². The first-order valence-electron chi connectivity index (χ1n) is 25.5. The summed E-state index contributed by atoms with van der Waals surface area (Å²) in [6.45, 7) is 14.6. The van der Waals surface area contributed by atoms with Gasteiger partial charge in [-0.25, -0.2) is 4.79 Å². The normalized spacial score (nSPS) is 45.3. The first kappa shape index (κ1) is 67.0. The molecule has 0 aliphatic carbocycles. The van der Waals surface area contributed by atoms with Crippen molar-refractivity contribution in [2.45, 2.75) is 234 Å². The van der Waals surface area contributed by atoms with Crippen molar-refractivity contribution >= 4 is 17.7 Å². The minimum atomic E-state index is -2.39. The van der Waals surface area contributed by atoms with Crippen LogP contribution in [-0.4, -0.2) is 268 Å². The van der Waals surface area contributed by atoms with Crippen molar-refractivity contribution in [2.24, 2.45) is 23.7 Å². The van der Waals surface area contributed by atoms with Crippen LogP contribution in [0.4, 0.5) is 0 Å². The van der Waals surface area contributed by atoms with E-state index < -0.39 is 182 Å². The quantitative estimate of drug-likeness (QED) is 0.0698. The number of ether oxygens (including phenoxy) is 8. The number of cyclic esters (lactones) is 1. The maximum absolute atomic E-state index is 14.1. The first-order valence-corrected chi connectivity index (χ1v) is 25.5. The summed E-state index contributed by atoms with van der Waals surface area (Å²) in [6, 6.07) is -0.324. The molecule has 0 aromatic rings. The molecule has 0 bridgehead atoms. The summed E-state index contributed by atoms with van der Waals surface area (Å²) in [7, 11) is 5.18. The third-order valence-electron chi connectivity index (χ3n) is 15.4. The summed E-state index contributed by atoms with van der Waals surface area (Å²) in [5.41, 5.74) is -4.84. The van der Waals surface area contributed by atoms with E-state index in [4.69, 9.17) is 53.2 Å². The van der Waals surface area contributed by atoms with Gasteiger partial charge in [0, 0.05) is 37.3 Å². The van der Waals surface area contributed by atoms with Crippen molar-refractivity contribution in [3.8, 4) is 0 Å². The van der Waals surface area contributed by atoms with Gasteiger partial charge in [-0.2, -0.15) is 0 Å². The number of nitrogens with zero attached hydrogens (tertiary/aromatic N) is 1. The van der Waals surface area contributed by atoms with Crippen molar-refractivity contribution in [2.75, 3.05) is 34.4 Å². The molecule has 0 aromatic heterocycles. The summed E-state index contributed by atoms with van der Waals surface area (Å²) < 4.78 is 47.0. The lowest BCUT2D eigenvalue weighted by Gasteiger charge is -2.49. The highest BCUT2D eigenvalue weighted by atomic mass is 16.7. The van der Waals surface area contributed by atoms with E-state index in [0.29, 0.717) is 6.42 Å². The second kappa shape index (κ2) is 27.8. The van der Waals surface area contributed by atoms with Gasteiger partial charge >= 0.3 is 11.9 Å². The number of ketones is 1. The maximum atomic E-state index is 14.1. The summed E-state index contributed by atoms with van der Waals surface area (Å²) in [6.07, 6.45) is -26.6. The second-order valence-electron chi connectivity index (χ2n) is 21.8. The molecule has 4 heterocycles. The molecule has 4 aliphatic heterocycles. The number of aliphatic hydroxyl groups is 13. The van der Waals surface area contributed by atoms with Crippen LogP contribution in [0.1, 0.15) is 94.9 Å². The van der Waals surface area contributed by atoms with E-state index >= 15 is 0 Å². The average Bonchev–Trinajstić information content (AvgIpc) is 3.35. The number of hydrogen-bond acceptors (Lipinski definition) is 25. The Labute approximate surface area is 438 Å². The van der Waals surface area contributed by atoms with Gasteiger partial charge in [0.1, 0.15) is 72.4 Å². The van der Waals surface area contributed by atoms with E-state index in [1.54, 1.807) is 41.5 Å². The Morgan fingerprint density at radius 2 is 1.40 bits per heavy atom. The molecule has 26 heteroatoms. The van der Waals surface area contributed by atoms with Crippen LogP contribution in [0.25, 0.3) is 0 Å². The molecule has 4 saturated heterocycles. The fourth-order valence-electron chi connectivity index (χ4n) is 10.6. The number of rotatable bonds is 15. The van der Waals surface area contributed by atoms with Gasteiger partial charge < -0.3 is 114 Å². The van der Waals surface area contributed by atoms with E-state index in [2.05, 4.69) is 0 Å². The Hall–Kier alpha value is -2.23. The fourth-order valence-corrected chi connectivity index (χ4v) is 10.6. The van der Waals surface area contributed by atoms with Gasteiger partial charge in [0.25, 0.3) is 0 Å². The van der Waals surface area contributed by atoms with Crippen LogP contribution in [0.5, 0.6) is 0 Å². The lowest BCUT2D eigenvalue weighted by atomic mass is 9.74. The van der Waals surface area contributed by atoms with Gasteiger partial charge in [0.05, 0.1) is 60.9 Å². The van der Waals surface area contributed by atoms with Gasteiger partial charge in [-0.05, 0) is 74.9 Å². The molecule has 4 unspecified atom stereocenters. The molecule has 75 heavy (non-hydrogen) atoms. The third kappa shape index (κ3) is 15.8. The van der Waals surface area contributed by atoms with E-state index in [1.165, 1.54) is 27.9 Å². The molecule has 0 amide bonds. The Morgan fingerprint density at radius 1 is 0.800 bits per heavy atom. The predicted molar refractivity (Wildman–Crippen MR) is 258 cm³/mol. The van der Waals surface area contributed by atoms with E-state index in [0.717, 1.165) is 0 Å². The zero-order valence-corrected chi connectivity index (χ0v) is 45.3. The highest BCUT2D eigenvalue weighted by molar-refractivity contribution is 5.83. The first-order chi connectivity index (χ1) is 34.6. The Bertz CT molecular complexity index is 1790. The molecule has 440 valence electrons. The number of carboxylic acids is 1. The number of carbonyl (C=O) groups excluding carboxylic acids is 2. The lowest BCUT2D eigenvalue weighted by molar-refractivity contribution is -0.326. The number of aliphatic carboxylic acids is 1. The predicted octanol–water partition coefficient (Wildman–Crippen LogP) is -3.88. The summed E-state index contributed by atoms with van der Waals surface area (Å²) in [4.78, 5) is 40.5. The smallest absolute Gasteiger partial charge is 0.335 e. The van der Waals surface area contributed by atoms with Crippen LogP contribution in [0, 0.1) is 23.7 Å². The zero-order valence-electron chi connectivity index (χ0n) is 45.3. The fraction of sp³-hybridized carbons (Fsp3) is 0.939. The summed E-state index contributed by atoms with van der Waals surface area (Å²) in [5.74, 6) is -6.81. The van der Waals surface area contributed by atoms with Crippen molar-refractivity contribution < 1.29 is 124 Å². The van der Waals surface area contributed by atoms with Crippen molar-refractivity contribution in [1.82, 2.24) is 4.90 Å². The molecular weight excluding hydrogens is 1000 g/mol. The van der Waals surface area contributed by atoms with Gasteiger partial charge in [-0.1, -0.05) is 27.7 Å². The summed E-state index contributed by atoms with van der Waals surface area (Å²) >= 11 is 0. The third-order valence-corrected chi connectivity index (χ3v) is 15.4. The zero-order chi connectivity index (χ0) is 57.6. The van der Waals surface area contributed by atoms with Gasteiger partial charge in [0.15, 0.2) is 25.0 Å². The number of methoxy groups -OCH3 is 1. The van der Waals surface area contributed by atoms with Crippen LogP contribution < -0.4 is 0 Å². The van der Waals surface area contributed by atoms with E-state index in [1.807, 2.05) is 25.9 Å². The number of carbonyl (C=O) groups is 3. The summed E-state index contributed by atoms with van der Waals surface area (Å²) in [5, 5.41) is 142. The molecule has 4 aliphatic rings. The SMILES string of the molecule is CC[C@H]1OC(=O)[C@H](C)[C@@H](O[C@H]2C[C@@](C)(OC)[C@@H](O)[C@H](C)O2)[C@H](C)[C@@H](O[C@@H]2O[C@H](C)C[C@H](N(C)C)[C@H]2O)[C@](C)(O)C[C@@H](C)C(=O)[C@H](C)[C@@H](O)[C@]1(C)O.O=C(O)C(O)C(O)C(O[C@@H]1O[C@H](CO)[C@@H](O)[C@H](O)[C@H]1O)C(O)CO. The van der Waals surface area contributed by atoms with Crippen LogP contribution in [-0.2, 0) is 52.3 Å². The minimum absolute atomic E-state index is 0.0936. The second-order valence-corrected chi connectivity index (χ2v) is 21.8. The molecule has 4 fully saturated rings. The van der Waals surface area contributed by atoms with Gasteiger partial charge in [0.2, 0.25) is 0 Å². The average molecular weight is 1090 g/mol. The molecular formula is C49H89NO25. The number of esters is 1. The standard InChI is InChI=1S/C37H67NO13.C12H22O12/c1-14-25-37(10,45)30(41)20(4)27(39)18(2)16-35(8,44)32(51-34-28(40)24(38(11)12)15-19(3)47-34)21(5)29(22(6)33(43)49-25)50-26-17-36(9,46-13)31(42)23(7)48-26;13-1-3(15)10(7(18)8(19)11(21)22)24-12-9(20)6(17)5(16)4(2-14)23-12/h18-26,28-32,34,40-42,44-45H,14-17H2,1-13H3;3-10,12-20H,1-2H2,(H,21,22)/t18-,19-,20+,21+,22-,23+,24+,25-,26+,28-,29+,30-,31+,32-,34+,35-,36-,37-;3?,4-,5-,6+,7?,8?,9-,10?,12+/m11/s1. The van der Waals surface area contributed by atoms with Gasteiger partial charge in [-0.3, -0.25) is 9.59 Å². The number of carboxylic acid groups (broad SMARTS) is 1. The Kier molecular flexibility index (Phi) is 24.8. The van der Waals surface area contributed by atoms with Crippen molar-refractivity contribution in [3.63, 3.8) is 0 Å². The number of hydrogen-bond donors (Lipinski definition) is 14. The maximum Gasteiger partial charge on any atom is 0.335 e. The highest BCUT2D eigenvalue weighted by Gasteiger charge is 2.54.